The Hall–Kier alpha value is 0.532. The zero-order valence-electron chi connectivity index (χ0n) is 9.23. The van der Waals surface area contributed by atoms with Crippen LogP contribution in [0.4, 0.5) is 0 Å². The van der Waals surface area contributed by atoms with Crippen molar-refractivity contribution >= 4 is 14.1 Å². The van der Waals surface area contributed by atoms with Gasteiger partial charge in [0.15, 0.2) is 0 Å². The number of hydrogen-bond acceptors (Lipinski definition) is 0. The Morgan fingerprint density at radius 1 is 0.833 bits per heavy atom. The van der Waals surface area contributed by atoms with E-state index in [1.165, 1.54) is 43.8 Å². The Bertz CT molecular complexity index is 81.1. The van der Waals surface area contributed by atoms with Crippen LogP contribution in [0.15, 0.2) is 0 Å². The van der Waals surface area contributed by atoms with E-state index in [1.807, 2.05) is 0 Å². The van der Waals surface area contributed by atoms with E-state index >= 15 is 0 Å². The smallest absolute Gasteiger partial charge is 0.106 e. The van der Waals surface area contributed by atoms with Crippen LogP contribution in [0.3, 0.4) is 0 Å². The summed E-state index contributed by atoms with van der Waals surface area (Å²) >= 11 is -0.240. The molecule has 0 rings (SSSR count). The highest BCUT2D eigenvalue weighted by molar-refractivity contribution is 6.57. The van der Waals surface area contributed by atoms with E-state index in [1.54, 1.807) is 5.28 Å². The highest BCUT2D eigenvalue weighted by Gasteiger charge is 2.04. The van der Waals surface area contributed by atoms with E-state index < -0.39 is 0 Å². The molecule has 0 spiro atoms. The van der Waals surface area contributed by atoms with Gasteiger partial charge in [-0.1, -0.05) is 62.9 Å². The van der Waals surface area contributed by atoms with E-state index in [4.69, 9.17) is 0 Å². The zero-order chi connectivity index (χ0) is 9.23. The van der Waals surface area contributed by atoms with E-state index in [-0.39, 0.29) is 14.1 Å². The van der Waals surface area contributed by atoms with Crippen molar-refractivity contribution in [2.45, 2.75) is 68.7 Å². The Morgan fingerprint density at radius 2 is 1.42 bits per heavy atom. The van der Waals surface area contributed by atoms with Crippen molar-refractivity contribution in [1.82, 2.24) is 0 Å². The Kier molecular flexibility index (Phi) is 10.0. The van der Waals surface area contributed by atoms with Crippen molar-refractivity contribution in [2.75, 3.05) is 0 Å². The maximum atomic E-state index is 2.51. The largest absolute Gasteiger partial charge is 0.258 e. The molecule has 0 fully saturated rings. The molecule has 0 heterocycles. The summed E-state index contributed by atoms with van der Waals surface area (Å²) in [6, 6.07) is 0. The Balaban J connectivity index is 2.90. The normalized spacial score (nSPS) is 10.2. The molecule has 0 saturated heterocycles. The number of unbranched alkanes of at least 4 members (excludes halogenated alkanes) is 5. The monoisotopic (exact) mass is 184 g/mol. The topological polar surface area (TPSA) is 0 Å². The second-order valence-electron chi connectivity index (χ2n) is 4.07. The predicted octanol–water partition coefficient (Wildman–Crippen LogP) is 4.49. The molecule has 0 aromatic rings. The maximum Gasteiger partial charge on any atom is 0.258 e. The van der Waals surface area contributed by atoms with Crippen LogP contribution in [0.1, 0.15) is 52.4 Å². The van der Waals surface area contributed by atoms with Crippen LogP contribution < -0.4 is 0 Å². The average molecular weight is 184 g/mol. The average Bonchev–Trinajstić information content (AvgIpc) is 2.10. The van der Waals surface area contributed by atoms with Gasteiger partial charge in [-0.2, -0.15) is 0 Å². The summed E-state index contributed by atoms with van der Waals surface area (Å²) in [6.07, 6.45) is 8.79. The second-order valence-corrected chi connectivity index (χ2v) is 7.67. The van der Waals surface area contributed by atoms with Crippen molar-refractivity contribution in [3.05, 3.63) is 0 Å². The summed E-state index contributed by atoms with van der Waals surface area (Å²) in [5.74, 6) is 2.51. The van der Waals surface area contributed by atoms with E-state index in [0.29, 0.717) is 0 Å². The molecule has 0 atom stereocenters. The van der Waals surface area contributed by atoms with Gasteiger partial charge in [0.05, 0.1) is 0 Å². The minimum atomic E-state index is -0.240. The molecular formula is C11H25Al. The molecule has 1 heteroatoms. The first-order valence-electron chi connectivity index (χ1n) is 5.81. The highest BCUT2D eigenvalue weighted by Crippen LogP contribution is 2.10. The molecule has 0 aliphatic heterocycles. The first-order chi connectivity index (χ1) is 5.81. The van der Waals surface area contributed by atoms with E-state index in [9.17, 15) is 0 Å². The third-order valence-electron chi connectivity index (χ3n) is 2.75. The van der Waals surface area contributed by atoms with Crippen LogP contribution in [0.5, 0.6) is 0 Å². The molecule has 0 saturated carbocycles. The fourth-order valence-electron chi connectivity index (χ4n) is 1.48. The summed E-state index contributed by atoms with van der Waals surface area (Å²) < 4.78 is 0. The number of rotatable bonds is 8. The molecule has 0 aliphatic carbocycles. The minimum absolute atomic E-state index is 0.240. The summed E-state index contributed by atoms with van der Waals surface area (Å²) in [5.41, 5.74) is 0. The Labute approximate surface area is 83.1 Å². The molecule has 0 bridgehead atoms. The van der Waals surface area contributed by atoms with Gasteiger partial charge in [-0.05, 0) is 0 Å². The highest BCUT2D eigenvalue weighted by atomic mass is 27.2. The molecule has 0 aromatic heterocycles. The van der Waals surface area contributed by atoms with Crippen LogP contribution in [0, 0.1) is 0 Å². The van der Waals surface area contributed by atoms with Crippen LogP contribution in [0.25, 0.3) is 0 Å². The second kappa shape index (κ2) is 9.62. The quantitative estimate of drug-likeness (QED) is 0.385. The Morgan fingerprint density at radius 3 is 2.00 bits per heavy atom. The molecule has 12 heavy (non-hydrogen) atoms. The standard InChI is InChI=1S/C8H17.C2H5.CH3.Al/c1-3-5-7-8-6-4-2;1-2;;/h1,3-8H2,2H3;1H2,2H3;1H3;. The van der Waals surface area contributed by atoms with Gasteiger partial charge in [0.1, 0.15) is 0 Å². The lowest BCUT2D eigenvalue weighted by Crippen LogP contribution is -2.02. The zero-order valence-corrected chi connectivity index (χ0v) is 10.4. The van der Waals surface area contributed by atoms with Gasteiger partial charge in [-0.25, -0.2) is 0 Å². The van der Waals surface area contributed by atoms with Gasteiger partial charge in [-0.15, -0.1) is 5.79 Å². The number of hydrogen-bond donors (Lipinski definition) is 0. The molecule has 72 valence electrons. The van der Waals surface area contributed by atoms with Crippen molar-refractivity contribution in [3.8, 4) is 0 Å². The SMILES string of the molecule is CCCCCCC[CH2][Al]([CH3])[CH2]C. The third-order valence-corrected chi connectivity index (χ3v) is 5.54. The van der Waals surface area contributed by atoms with Crippen molar-refractivity contribution in [2.24, 2.45) is 0 Å². The molecule has 0 N–H and O–H groups in total. The van der Waals surface area contributed by atoms with Crippen molar-refractivity contribution < 1.29 is 0 Å². The molecule has 0 amide bonds. The summed E-state index contributed by atoms with van der Waals surface area (Å²) in [6.45, 7) is 4.64. The predicted molar refractivity (Wildman–Crippen MR) is 60.3 cm³/mol. The van der Waals surface area contributed by atoms with Crippen LogP contribution in [0.2, 0.25) is 16.4 Å². The van der Waals surface area contributed by atoms with Crippen LogP contribution in [-0.4, -0.2) is 14.1 Å². The fraction of sp³-hybridized carbons (Fsp3) is 1.00. The molecule has 0 unspecified atom stereocenters. The van der Waals surface area contributed by atoms with Crippen molar-refractivity contribution in [1.29, 1.82) is 0 Å². The maximum absolute atomic E-state index is 2.51. The van der Waals surface area contributed by atoms with Gasteiger partial charge in [0.25, 0.3) is 14.1 Å². The first kappa shape index (κ1) is 12.5. The summed E-state index contributed by atoms with van der Waals surface area (Å²) in [5, 5.41) is 3.08. The minimum Gasteiger partial charge on any atom is -0.106 e. The molecular weight excluding hydrogens is 159 g/mol. The van der Waals surface area contributed by atoms with Gasteiger partial charge >= 0.3 is 0 Å². The molecule has 0 radical (unpaired) electrons. The lowest BCUT2D eigenvalue weighted by molar-refractivity contribution is 0.623. The molecule has 0 aromatic carbocycles. The van der Waals surface area contributed by atoms with E-state index in [0.717, 1.165) is 0 Å². The van der Waals surface area contributed by atoms with E-state index in [2.05, 4.69) is 19.6 Å². The lowest BCUT2D eigenvalue weighted by Gasteiger charge is -2.02. The van der Waals surface area contributed by atoms with Gasteiger partial charge < -0.3 is 0 Å². The molecule has 0 aliphatic rings. The third kappa shape index (κ3) is 8.63. The van der Waals surface area contributed by atoms with Crippen LogP contribution >= 0.6 is 0 Å². The summed E-state index contributed by atoms with van der Waals surface area (Å²) in [4.78, 5) is 0. The fourth-order valence-corrected chi connectivity index (χ4v) is 2.87. The van der Waals surface area contributed by atoms with Crippen LogP contribution in [-0.2, 0) is 0 Å². The first-order valence-corrected chi connectivity index (χ1v) is 8.60. The van der Waals surface area contributed by atoms with Gasteiger partial charge in [0.2, 0.25) is 0 Å². The molecule has 0 nitrogen and oxygen atoms in total. The lowest BCUT2D eigenvalue weighted by atomic mass is 10.1. The van der Waals surface area contributed by atoms with Gasteiger partial charge in [-0.3, -0.25) is 0 Å². The van der Waals surface area contributed by atoms with Gasteiger partial charge in [0, 0.05) is 0 Å². The van der Waals surface area contributed by atoms with Crippen molar-refractivity contribution in [3.63, 3.8) is 0 Å². The summed E-state index contributed by atoms with van der Waals surface area (Å²) in [7, 11) is 0.